The van der Waals surface area contributed by atoms with Gasteiger partial charge in [-0.2, -0.15) is 0 Å². The van der Waals surface area contributed by atoms with E-state index in [1.54, 1.807) is 0 Å². The molecule has 0 aromatic carbocycles. The summed E-state index contributed by atoms with van der Waals surface area (Å²) in [6, 6.07) is 0. The van der Waals surface area contributed by atoms with Crippen LogP contribution in [0.3, 0.4) is 0 Å². The molecule has 1 rings (SSSR count). The van der Waals surface area contributed by atoms with Crippen molar-refractivity contribution in [2.75, 3.05) is 26.1 Å². The van der Waals surface area contributed by atoms with Gasteiger partial charge >= 0.3 is 0 Å². The summed E-state index contributed by atoms with van der Waals surface area (Å²) in [5, 5.41) is 6.30. The molecule has 1 aliphatic rings. The fourth-order valence-electron chi connectivity index (χ4n) is 1.26. The molecule has 0 spiro atoms. The molecule has 0 aromatic heterocycles. The van der Waals surface area contributed by atoms with Gasteiger partial charge in [0.25, 0.3) is 0 Å². The topological polar surface area (TPSA) is 33.3 Å². The number of dihydropyridines is 1. The minimum absolute atomic E-state index is 0.141. The fourth-order valence-corrected chi connectivity index (χ4v) is 1.54. The van der Waals surface area contributed by atoms with E-state index in [1.165, 1.54) is 5.57 Å². The molecule has 0 aliphatic carbocycles. The van der Waals surface area contributed by atoms with Gasteiger partial charge in [-0.3, -0.25) is 0 Å². The molecule has 2 N–H and O–H groups in total. The molecular weight excluding hydrogens is 212 g/mol. The summed E-state index contributed by atoms with van der Waals surface area (Å²) >= 11 is 5.91. The second kappa shape index (κ2) is 5.42. The van der Waals surface area contributed by atoms with Crippen molar-refractivity contribution in [3.63, 3.8) is 0 Å². The Labute approximate surface area is 96.5 Å². The lowest BCUT2D eigenvalue weighted by Crippen LogP contribution is -2.44. The average molecular weight is 231 g/mol. The van der Waals surface area contributed by atoms with Gasteiger partial charge in [-0.15, -0.1) is 11.6 Å². The van der Waals surface area contributed by atoms with Crippen LogP contribution < -0.4 is 10.6 Å². The smallest absolute Gasteiger partial charge is 0.135 e. The van der Waals surface area contributed by atoms with Crippen molar-refractivity contribution in [1.29, 1.82) is 0 Å². The molecule has 0 saturated heterocycles. The molecular formula is C11H19ClN2O. The molecule has 0 fully saturated rings. The third kappa shape index (κ3) is 3.14. The van der Waals surface area contributed by atoms with Gasteiger partial charge in [-0.05, 0) is 32.5 Å². The molecule has 1 aliphatic heterocycles. The Balaban J connectivity index is 2.52. The van der Waals surface area contributed by atoms with Crippen molar-refractivity contribution in [2.24, 2.45) is 0 Å². The Morgan fingerprint density at radius 3 is 2.87 bits per heavy atom. The predicted octanol–water partition coefficient (Wildman–Crippen LogP) is 1.61. The maximum atomic E-state index is 5.91. The summed E-state index contributed by atoms with van der Waals surface area (Å²) in [5.74, 6) is 1.42. The summed E-state index contributed by atoms with van der Waals surface area (Å²) in [4.78, 5) is 0. The number of hydrogen-bond acceptors (Lipinski definition) is 3. The third-order valence-corrected chi connectivity index (χ3v) is 3.18. The number of likely N-dealkylation sites (N-methyl/N-ethyl adjacent to an activating group) is 1. The van der Waals surface area contributed by atoms with Crippen molar-refractivity contribution in [2.45, 2.75) is 19.4 Å². The molecule has 0 radical (unpaired) electrons. The van der Waals surface area contributed by atoms with Crippen LogP contribution >= 0.6 is 11.6 Å². The SMILES string of the molecule is CNCCOC1=CNC(C)(CCl)C(C)=C1. The largest absolute Gasteiger partial charge is 0.491 e. The Morgan fingerprint density at radius 1 is 1.60 bits per heavy atom. The van der Waals surface area contributed by atoms with Gasteiger partial charge in [-0.25, -0.2) is 0 Å². The highest BCUT2D eigenvalue weighted by Crippen LogP contribution is 2.23. The molecule has 86 valence electrons. The van der Waals surface area contributed by atoms with E-state index in [-0.39, 0.29) is 5.54 Å². The van der Waals surface area contributed by atoms with Crippen molar-refractivity contribution in [3.05, 3.63) is 23.6 Å². The van der Waals surface area contributed by atoms with E-state index in [0.717, 1.165) is 12.3 Å². The van der Waals surface area contributed by atoms with Crippen molar-refractivity contribution in [3.8, 4) is 0 Å². The van der Waals surface area contributed by atoms with E-state index in [0.29, 0.717) is 12.5 Å². The van der Waals surface area contributed by atoms with E-state index < -0.39 is 0 Å². The van der Waals surface area contributed by atoms with Gasteiger partial charge in [0.05, 0.1) is 5.54 Å². The summed E-state index contributed by atoms with van der Waals surface area (Å²) in [5.41, 5.74) is 1.05. The Kier molecular flexibility index (Phi) is 4.48. The van der Waals surface area contributed by atoms with Crippen LogP contribution in [-0.4, -0.2) is 31.6 Å². The maximum Gasteiger partial charge on any atom is 0.135 e. The van der Waals surface area contributed by atoms with E-state index in [1.807, 2.05) is 19.3 Å². The van der Waals surface area contributed by atoms with Gasteiger partial charge in [0.2, 0.25) is 0 Å². The standard InChI is InChI=1S/C11H19ClN2O/c1-9-6-10(15-5-4-13-3)7-14-11(9,2)8-12/h6-7,13-14H,4-5,8H2,1-3H3. The number of hydrogen-bond donors (Lipinski definition) is 2. The van der Waals surface area contributed by atoms with Gasteiger partial charge in [0.1, 0.15) is 12.4 Å². The van der Waals surface area contributed by atoms with Crippen LogP contribution in [0.2, 0.25) is 0 Å². The second-order valence-electron chi connectivity index (χ2n) is 3.94. The first-order valence-electron chi connectivity index (χ1n) is 5.12. The Bertz CT molecular complexity index is 276. The zero-order valence-electron chi connectivity index (χ0n) is 9.56. The predicted molar refractivity (Wildman–Crippen MR) is 64.0 cm³/mol. The first kappa shape index (κ1) is 12.4. The minimum Gasteiger partial charge on any atom is -0.491 e. The quantitative estimate of drug-likeness (QED) is 0.556. The molecule has 1 heterocycles. The molecule has 15 heavy (non-hydrogen) atoms. The monoisotopic (exact) mass is 230 g/mol. The minimum atomic E-state index is -0.141. The molecule has 0 saturated carbocycles. The summed E-state index contributed by atoms with van der Waals surface area (Å²) in [6.07, 6.45) is 3.92. The highest BCUT2D eigenvalue weighted by atomic mass is 35.5. The van der Waals surface area contributed by atoms with Crippen LogP contribution in [0.1, 0.15) is 13.8 Å². The summed E-state index contributed by atoms with van der Waals surface area (Å²) < 4.78 is 5.55. The van der Waals surface area contributed by atoms with E-state index in [2.05, 4.69) is 24.5 Å². The van der Waals surface area contributed by atoms with Gasteiger partial charge in [-0.1, -0.05) is 0 Å². The number of nitrogens with one attached hydrogen (secondary N) is 2. The average Bonchev–Trinajstić information content (AvgIpc) is 2.24. The lowest BCUT2D eigenvalue weighted by Gasteiger charge is -2.32. The maximum absolute atomic E-state index is 5.91. The molecule has 1 atom stereocenters. The van der Waals surface area contributed by atoms with E-state index >= 15 is 0 Å². The summed E-state index contributed by atoms with van der Waals surface area (Å²) in [7, 11) is 1.91. The van der Waals surface area contributed by atoms with E-state index in [9.17, 15) is 0 Å². The normalized spacial score (nSPS) is 25.3. The van der Waals surface area contributed by atoms with Crippen LogP contribution in [0.25, 0.3) is 0 Å². The molecule has 4 heteroatoms. The molecule has 0 bridgehead atoms. The Morgan fingerprint density at radius 2 is 2.33 bits per heavy atom. The Hall–Kier alpha value is -0.670. The van der Waals surface area contributed by atoms with Crippen molar-refractivity contribution in [1.82, 2.24) is 10.6 Å². The lowest BCUT2D eigenvalue weighted by atomic mass is 9.93. The fraction of sp³-hybridized carbons (Fsp3) is 0.636. The zero-order valence-corrected chi connectivity index (χ0v) is 10.3. The molecule has 0 amide bonds. The van der Waals surface area contributed by atoms with Gasteiger partial charge < -0.3 is 15.4 Å². The first-order valence-corrected chi connectivity index (χ1v) is 5.66. The summed E-state index contributed by atoms with van der Waals surface area (Å²) in [6.45, 7) is 5.65. The lowest BCUT2D eigenvalue weighted by molar-refractivity contribution is 0.220. The number of rotatable bonds is 5. The van der Waals surface area contributed by atoms with Crippen LogP contribution in [-0.2, 0) is 4.74 Å². The zero-order chi connectivity index (χ0) is 11.3. The van der Waals surface area contributed by atoms with Crippen LogP contribution in [0.15, 0.2) is 23.6 Å². The number of alkyl halides is 1. The van der Waals surface area contributed by atoms with Crippen LogP contribution in [0, 0.1) is 0 Å². The van der Waals surface area contributed by atoms with Crippen LogP contribution in [0.4, 0.5) is 0 Å². The van der Waals surface area contributed by atoms with E-state index in [4.69, 9.17) is 16.3 Å². The number of allylic oxidation sites excluding steroid dienone is 1. The van der Waals surface area contributed by atoms with Gasteiger partial charge in [0.15, 0.2) is 0 Å². The molecule has 3 nitrogen and oxygen atoms in total. The highest BCUT2D eigenvalue weighted by Gasteiger charge is 2.26. The van der Waals surface area contributed by atoms with Crippen molar-refractivity contribution < 1.29 is 4.74 Å². The number of ether oxygens (including phenoxy) is 1. The number of halogens is 1. The van der Waals surface area contributed by atoms with Gasteiger partial charge in [0, 0.05) is 18.6 Å². The van der Waals surface area contributed by atoms with Crippen LogP contribution in [0.5, 0.6) is 0 Å². The molecule has 0 aromatic rings. The third-order valence-electron chi connectivity index (χ3n) is 2.65. The highest BCUT2D eigenvalue weighted by molar-refractivity contribution is 6.18. The molecule has 1 unspecified atom stereocenters. The van der Waals surface area contributed by atoms with Crippen molar-refractivity contribution >= 4 is 11.6 Å². The second-order valence-corrected chi connectivity index (χ2v) is 4.20. The first-order chi connectivity index (χ1) is 7.12.